The summed E-state index contributed by atoms with van der Waals surface area (Å²) in [5.74, 6) is 0.681. The Kier molecular flexibility index (Phi) is 5.54. The zero-order valence-corrected chi connectivity index (χ0v) is 14.1. The Morgan fingerprint density at radius 3 is 2.74 bits per heavy atom. The van der Waals surface area contributed by atoms with E-state index in [2.05, 4.69) is 15.3 Å². The molecule has 1 aromatic carbocycles. The lowest BCUT2D eigenvalue weighted by Crippen LogP contribution is -2.24. The van der Waals surface area contributed by atoms with Gasteiger partial charge in [0.2, 0.25) is 0 Å². The van der Waals surface area contributed by atoms with Crippen LogP contribution in [-0.2, 0) is 16.3 Å². The van der Waals surface area contributed by atoms with Crippen LogP contribution in [0, 0.1) is 6.92 Å². The second kappa shape index (κ2) is 7.41. The number of carbonyl (C=O) groups excluding carboxylic acids is 1. The van der Waals surface area contributed by atoms with E-state index in [9.17, 15) is 13.2 Å². The highest BCUT2D eigenvalue weighted by Gasteiger charge is 2.14. The number of benzene rings is 1. The first-order chi connectivity index (χ1) is 10.9. The number of hydrogen-bond donors (Lipinski definition) is 2. The van der Waals surface area contributed by atoms with Gasteiger partial charge in [0.15, 0.2) is 9.84 Å². The van der Waals surface area contributed by atoms with Crippen LogP contribution in [-0.4, -0.2) is 37.1 Å². The Hall–Kier alpha value is -2.15. The van der Waals surface area contributed by atoms with E-state index in [4.69, 9.17) is 0 Å². The molecule has 0 spiro atoms. The molecule has 0 aliphatic carbocycles. The van der Waals surface area contributed by atoms with Gasteiger partial charge >= 0.3 is 0 Å². The molecule has 0 unspecified atom stereocenters. The van der Waals surface area contributed by atoms with Crippen LogP contribution < -0.4 is 5.32 Å². The number of hydrogen-bond acceptors (Lipinski definition) is 4. The summed E-state index contributed by atoms with van der Waals surface area (Å²) in [6.07, 6.45) is 7.23. The molecule has 0 saturated heterocycles. The maximum Gasteiger partial charge on any atom is 0.251 e. The molecule has 23 heavy (non-hydrogen) atoms. The van der Waals surface area contributed by atoms with E-state index in [-0.39, 0.29) is 10.8 Å². The van der Waals surface area contributed by atoms with Crippen LogP contribution in [0.5, 0.6) is 0 Å². The molecule has 0 saturated carbocycles. The molecule has 0 bridgehead atoms. The molecule has 0 aliphatic rings. The molecule has 2 N–H and O–H groups in total. The normalized spacial score (nSPS) is 11.4. The van der Waals surface area contributed by atoms with E-state index in [1.807, 2.05) is 0 Å². The molecule has 0 atom stereocenters. The van der Waals surface area contributed by atoms with Gasteiger partial charge in [0.05, 0.1) is 4.90 Å². The van der Waals surface area contributed by atoms with Crippen molar-refractivity contribution in [2.24, 2.45) is 0 Å². The summed E-state index contributed by atoms with van der Waals surface area (Å²) in [6.45, 7) is 2.26. The number of aromatic amines is 1. The minimum atomic E-state index is -3.33. The number of nitrogens with one attached hydrogen (secondary N) is 2. The number of aryl methyl sites for hydroxylation is 2. The van der Waals surface area contributed by atoms with Gasteiger partial charge in [0.1, 0.15) is 5.82 Å². The lowest BCUT2D eigenvalue weighted by Gasteiger charge is -2.08. The smallest absolute Gasteiger partial charge is 0.251 e. The molecule has 2 rings (SSSR count). The summed E-state index contributed by atoms with van der Waals surface area (Å²) in [5, 5.41) is 2.81. The van der Waals surface area contributed by atoms with Crippen molar-refractivity contribution < 1.29 is 13.2 Å². The van der Waals surface area contributed by atoms with Gasteiger partial charge in [-0.1, -0.05) is 6.07 Å². The topological polar surface area (TPSA) is 91.9 Å². The summed E-state index contributed by atoms with van der Waals surface area (Å²) >= 11 is 0. The number of aromatic nitrogens is 2. The highest BCUT2D eigenvalue weighted by molar-refractivity contribution is 7.90. The molecule has 2 aromatic rings. The first-order valence-corrected chi connectivity index (χ1v) is 9.34. The van der Waals surface area contributed by atoms with Crippen LogP contribution in [0.2, 0.25) is 0 Å². The number of H-pyrrole nitrogens is 1. The van der Waals surface area contributed by atoms with Gasteiger partial charge in [0, 0.05) is 37.2 Å². The molecule has 0 radical (unpaired) electrons. The lowest BCUT2D eigenvalue weighted by molar-refractivity contribution is 0.0953. The maximum atomic E-state index is 12.1. The standard InChI is InChI=1S/C16H21N3O3S/c1-12-6-7-13(11-14(12)23(2,21)22)16(20)19-8-4-3-5-15-17-9-10-18-15/h6-7,9-11H,3-5,8H2,1-2H3,(H,17,18)(H,19,20). The number of carbonyl (C=O) groups is 1. The lowest BCUT2D eigenvalue weighted by atomic mass is 10.1. The highest BCUT2D eigenvalue weighted by atomic mass is 32.2. The Morgan fingerprint density at radius 2 is 2.09 bits per heavy atom. The third kappa shape index (κ3) is 4.92. The van der Waals surface area contributed by atoms with Crippen molar-refractivity contribution in [3.63, 3.8) is 0 Å². The second-order valence-corrected chi connectivity index (χ2v) is 7.49. The van der Waals surface area contributed by atoms with Gasteiger partial charge in [-0.3, -0.25) is 4.79 Å². The summed E-state index contributed by atoms with van der Waals surface area (Å²) in [6, 6.07) is 4.73. The van der Waals surface area contributed by atoms with Gasteiger partial charge in [-0.2, -0.15) is 0 Å². The van der Waals surface area contributed by atoms with Crippen molar-refractivity contribution in [3.8, 4) is 0 Å². The van der Waals surface area contributed by atoms with E-state index in [0.717, 1.165) is 31.3 Å². The molecule has 1 amide bonds. The van der Waals surface area contributed by atoms with E-state index in [1.165, 1.54) is 6.07 Å². The number of amides is 1. The van der Waals surface area contributed by atoms with Crippen LogP contribution in [0.15, 0.2) is 35.5 Å². The SMILES string of the molecule is Cc1ccc(C(=O)NCCCCc2ncc[nH]2)cc1S(C)(=O)=O. The molecule has 7 heteroatoms. The second-order valence-electron chi connectivity index (χ2n) is 5.50. The van der Waals surface area contributed by atoms with Crippen molar-refractivity contribution in [1.29, 1.82) is 0 Å². The van der Waals surface area contributed by atoms with Crippen molar-refractivity contribution in [2.45, 2.75) is 31.1 Å². The first kappa shape index (κ1) is 17.2. The van der Waals surface area contributed by atoms with Crippen LogP contribution in [0.1, 0.15) is 34.6 Å². The van der Waals surface area contributed by atoms with Crippen molar-refractivity contribution in [1.82, 2.24) is 15.3 Å². The Bertz CT molecular complexity index is 768. The van der Waals surface area contributed by atoms with Crippen LogP contribution >= 0.6 is 0 Å². The van der Waals surface area contributed by atoms with Gasteiger partial charge < -0.3 is 10.3 Å². The quantitative estimate of drug-likeness (QED) is 0.756. The Labute approximate surface area is 136 Å². The summed E-state index contributed by atoms with van der Waals surface area (Å²) in [4.78, 5) is 19.5. The predicted molar refractivity (Wildman–Crippen MR) is 88.1 cm³/mol. The van der Waals surface area contributed by atoms with Gasteiger partial charge in [-0.05, 0) is 37.5 Å². The highest BCUT2D eigenvalue weighted by Crippen LogP contribution is 2.17. The van der Waals surface area contributed by atoms with E-state index < -0.39 is 9.84 Å². The number of imidazole rings is 1. The fourth-order valence-corrected chi connectivity index (χ4v) is 3.29. The zero-order valence-electron chi connectivity index (χ0n) is 13.3. The molecule has 1 heterocycles. The van der Waals surface area contributed by atoms with E-state index >= 15 is 0 Å². The number of nitrogens with zero attached hydrogens (tertiary/aromatic N) is 1. The zero-order chi connectivity index (χ0) is 16.9. The average Bonchev–Trinajstić information content (AvgIpc) is 2.99. The average molecular weight is 335 g/mol. The molecule has 6 nitrogen and oxygen atoms in total. The molecule has 0 aliphatic heterocycles. The Morgan fingerprint density at radius 1 is 1.30 bits per heavy atom. The monoisotopic (exact) mass is 335 g/mol. The number of sulfone groups is 1. The Balaban J connectivity index is 1.86. The molecular formula is C16H21N3O3S. The van der Waals surface area contributed by atoms with Crippen LogP contribution in [0.3, 0.4) is 0 Å². The summed E-state index contributed by atoms with van der Waals surface area (Å²) < 4.78 is 23.4. The number of unbranched alkanes of at least 4 members (excludes halogenated alkanes) is 1. The first-order valence-electron chi connectivity index (χ1n) is 7.45. The third-order valence-electron chi connectivity index (χ3n) is 3.53. The fraction of sp³-hybridized carbons (Fsp3) is 0.375. The molecule has 124 valence electrons. The predicted octanol–water partition coefficient (Wildman–Crippen LogP) is 1.87. The number of rotatable bonds is 7. The van der Waals surface area contributed by atoms with Gasteiger partial charge in [-0.15, -0.1) is 0 Å². The fourth-order valence-electron chi connectivity index (χ4n) is 2.30. The minimum Gasteiger partial charge on any atom is -0.352 e. The van der Waals surface area contributed by atoms with Crippen molar-refractivity contribution in [2.75, 3.05) is 12.8 Å². The third-order valence-corrected chi connectivity index (χ3v) is 4.77. The van der Waals surface area contributed by atoms with Gasteiger partial charge in [0.25, 0.3) is 5.91 Å². The van der Waals surface area contributed by atoms with E-state index in [0.29, 0.717) is 17.7 Å². The van der Waals surface area contributed by atoms with Crippen molar-refractivity contribution >= 4 is 15.7 Å². The molecular weight excluding hydrogens is 314 g/mol. The van der Waals surface area contributed by atoms with Crippen molar-refractivity contribution in [3.05, 3.63) is 47.5 Å². The summed E-state index contributed by atoms with van der Waals surface area (Å²) in [5.41, 5.74) is 1.00. The molecule has 0 fully saturated rings. The minimum absolute atomic E-state index is 0.197. The van der Waals surface area contributed by atoms with Crippen LogP contribution in [0.25, 0.3) is 0 Å². The van der Waals surface area contributed by atoms with Gasteiger partial charge in [-0.25, -0.2) is 13.4 Å². The maximum absolute atomic E-state index is 12.1. The molecule has 1 aromatic heterocycles. The van der Waals surface area contributed by atoms with Crippen LogP contribution in [0.4, 0.5) is 0 Å². The summed E-state index contributed by atoms with van der Waals surface area (Å²) in [7, 11) is -3.33. The van der Waals surface area contributed by atoms with E-state index in [1.54, 1.807) is 31.5 Å². The largest absolute Gasteiger partial charge is 0.352 e.